The zero-order valence-electron chi connectivity index (χ0n) is 15.5. The zero-order valence-corrected chi connectivity index (χ0v) is 15.5. The number of anilines is 3. The average Bonchev–Trinajstić information content (AvgIpc) is 2.76. The van der Waals surface area contributed by atoms with Crippen LogP contribution in [0.25, 0.3) is 0 Å². The molecule has 10 nitrogen and oxygen atoms in total. The van der Waals surface area contributed by atoms with E-state index in [1.54, 1.807) is 18.2 Å². The van der Waals surface area contributed by atoms with Crippen LogP contribution in [-0.4, -0.2) is 78.9 Å². The van der Waals surface area contributed by atoms with Crippen molar-refractivity contribution in [1.29, 1.82) is 0 Å². The van der Waals surface area contributed by atoms with E-state index >= 15 is 0 Å². The van der Waals surface area contributed by atoms with E-state index in [2.05, 4.69) is 35.3 Å². The lowest BCUT2D eigenvalue weighted by Crippen LogP contribution is -2.40. The van der Waals surface area contributed by atoms with Crippen LogP contribution < -0.4 is 15.2 Å². The van der Waals surface area contributed by atoms with Crippen molar-refractivity contribution in [3.63, 3.8) is 0 Å². The van der Waals surface area contributed by atoms with E-state index in [4.69, 9.17) is 9.47 Å². The highest BCUT2D eigenvalue weighted by Gasteiger charge is 2.20. The minimum atomic E-state index is 0.159. The molecule has 10 heteroatoms. The van der Waals surface area contributed by atoms with Crippen LogP contribution in [0.15, 0.2) is 29.4 Å². The summed E-state index contributed by atoms with van der Waals surface area (Å²) in [7, 11) is 0. The van der Waals surface area contributed by atoms with Crippen LogP contribution >= 0.6 is 0 Å². The Kier molecular flexibility index (Phi) is 5.78. The van der Waals surface area contributed by atoms with E-state index in [1.165, 1.54) is 6.21 Å². The number of para-hydroxylation sites is 1. The number of hydrazone groups is 1. The van der Waals surface area contributed by atoms with E-state index in [-0.39, 0.29) is 5.75 Å². The van der Waals surface area contributed by atoms with Gasteiger partial charge in [-0.2, -0.15) is 20.1 Å². The van der Waals surface area contributed by atoms with E-state index in [0.717, 1.165) is 26.2 Å². The maximum atomic E-state index is 9.84. The fraction of sp³-hybridized carbons (Fsp3) is 0.444. The van der Waals surface area contributed by atoms with Crippen molar-refractivity contribution in [2.45, 2.75) is 0 Å². The molecule has 2 saturated heterocycles. The predicted octanol–water partition coefficient (Wildman–Crippen LogP) is 0.696. The number of morpholine rings is 2. The second-order valence-electron chi connectivity index (χ2n) is 6.39. The van der Waals surface area contributed by atoms with Crippen LogP contribution in [0.1, 0.15) is 5.56 Å². The Morgan fingerprint density at radius 1 is 0.893 bits per heavy atom. The van der Waals surface area contributed by atoms with Crippen molar-refractivity contribution >= 4 is 24.1 Å². The molecule has 2 fully saturated rings. The fourth-order valence-corrected chi connectivity index (χ4v) is 2.97. The van der Waals surface area contributed by atoms with Crippen LogP contribution in [0.4, 0.5) is 17.8 Å². The summed E-state index contributed by atoms with van der Waals surface area (Å²) in [5, 5.41) is 14.0. The van der Waals surface area contributed by atoms with Gasteiger partial charge in [0.2, 0.25) is 17.8 Å². The molecule has 0 amide bonds. The molecule has 0 atom stereocenters. The van der Waals surface area contributed by atoms with Gasteiger partial charge in [0.15, 0.2) is 0 Å². The monoisotopic (exact) mass is 385 g/mol. The molecule has 0 unspecified atom stereocenters. The number of benzene rings is 1. The molecular weight excluding hydrogens is 362 g/mol. The maximum Gasteiger partial charge on any atom is 0.250 e. The number of ether oxygens (including phenoxy) is 2. The van der Waals surface area contributed by atoms with Crippen molar-refractivity contribution < 1.29 is 14.6 Å². The van der Waals surface area contributed by atoms with E-state index in [0.29, 0.717) is 49.8 Å². The number of phenolic OH excluding ortho intramolecular Hbond substituents is 1. The van der Waals surface area contributed by atoms with Crippen molar-refractivity contribution in [3.05, 3.63) is 29.8 Å². The average molecular weight is 385 g/mol. The fourth-order valence-electron chi connectivity index (χ4n) is 2.97. The third kappa shape index (κ3) is 4.46. The Labute approximate surface area is 162 Å². The van der Waals surface area contributed by atoms with Crippen LogP contribution in [0.3, 0.4) is 0 Å². The number of hydrogen-bond acceptors (Lipinski definition) is 10. The zero-order chi connectivity index (χ0) is 19.2. The number of aromatic nitrogens is 3. The maximum absolute atomic E-state index is 9.84. The topological polar surface area (TPSA) is 108 Å². The van der Waals surface area contributed by atoms with Gasteiger partial charge in [-0.3, -0.25) is 0 Å². The van der Waals surface area contributed by atoms with E-state index in [9.17, 15) is 5.11 Å². The molecule has 0 spiro atoms. The number of rotatable bonds is 5. The van der Waals surface area contributed by atoms with Crippen LogP contribution in [0, 0.1) is 0 Å². The van der Waals surface area contributed by atoms with Crippen LogP contribution in [0.2, 0.25) is 0 Å². The molecule has 3 heterocycles. The molecule has 148 valence electrons. The summed E-state index contributed by atoms with van der Waals surface area (Å²) in [5.74, 6) is 1.71. The van der Waals surface area contributed by atoms with Crippen molar-refractivity contribution in [1.82, 2.24) is 15.0 Å². The smallest absolute Gasteiger partial charge is 0.250 e. The molecular formula is C18H23N7O3. The van der Waals surface area contributed by atoms with Gasteiger partial charge in [0.05, 0.1) is 32.6 Å². The van der Waals surface area contributed by atoms with Crippen LogP contribution in [0.5, 0.6) is 5.75 Å². The summed E-state index contributed by atoms with van der Waals surface area (Å²) < 4.78 is 10.8. The number of nitrogens with zero attached hydrogens (tertiary/aromatic N) is 6. The minimum Gasteiger partial charge on any atom is -0.507 e. The predicted molar refractivity (Wildman–Crippen MR) is 105 cm³/mol. The lowest BCUT2D eigenvalue weighted by molar-refractivity contribution is 0.121. The molecule has 2 N–H and O–H groups in total. The van der Waals surface area contributed by atoms with Gasteiger partial charge < -0.3 is 24.4 Å². The second-order valence-corrected chi connectivity index (χ2v) is 6.39. The molecule has 28 heavy (non-hydrogen) atoms. The molecule has 0 radical (unpaired) electrons. The summed E-state index contributed by atoms with van der Waals surface area (Å²) in [6.07, 6.45) is 1.53. The van der Waals surface area contributed by atoms with E-state index < -0.39 is 0 Å². The van der Waals surface area contributed by atoms with Gasteiger partial charge >= 0.3 is 0 Å². The summed E-state index contributed by atoms with van der Waals surface area (Å²) in [6, 6.07) is 6.97. The molecule has 2 aliphatic heterocycles. The molecule has 0 saturated carbocycles. The number of aromatic hydroxyl groups is 1. The molecule has 0 bridgehead atoms. The lowest BCUT2D eigenvalue weighted by atomic mass is 10.2. The van der Waals surface area contributed by atoms with Gasteiger partial charge in [0, 0.05) is 31.7 Å². The first-order chi connectivity index (χ1) is 13.8. The Balaban J connectivity index is 1.56. The minimum absolute atomic E-state index is 0.159. The first kappa shape index (κ1) is 18.4. The normalized spacial score (nSPS) is 17.9. The molecule has 4 rings (SSSR count). The number of nitrogens with one attached hydrogen (secondary N) is 1. The Bertz CT molecular complexity index is 784. The molecule has 2 aromatic rings. The summed E-state index contributed by atoms with van der Waals surface area (Å²) >= 11 is 0. The molecule has 1 aromatic heterocycles. The van der Waals surface area contributed by atoms with Gasteiger partial charge in [-0.1, -0.05) is 12.1 Å². The third-order valence-corrected chi connectivity index (χ3v) is 4.50. The van der Waals surface area contributed by atoms with Crippen molar-refractivity contribution in [3.8, 4) is 5.75 Å². The highest BCUT2D eigenvalue weighted by atomic mass is 16.5. The lowest BCUT2D eigenvalue weighted by Gasteiger charge is -2.30. The second kappa shape index (κ2) is 8.81. The summed E-state index contributed by atoms with van der Waals surface area (Å²) in [4.78, 5) is 17.8. The van der Waals surface area contributed by atoms with Crippen molar-refractivity contribution in [2.75, 3.05) is 67.8 Å². The Morgan fingerprint density at radius 2 is 1.46 bits per heavy atom. The highest BCUT2D eigenvalue weighted by Crippen LogP contribution is 2.19. The quantitative estimate of drug-likeness (QED) is 0.568. The standard InChI is InChI=1S/C18H23N7O3/c26-15-4-2-1-3-14(15)13-19-23-16-20-17(24-5-9-27-10-6-24)22-18(21-16)25-7-11-28-12-8-25/h1-4,13,26H,5-12H2,(H,20,21,22,23)/b19-13+. The molecule has 1 aromatic carbocycles. The number of phenols is 1. The first-order valence-corrected chi connectivity index (χ1v) is 9.28. The Morgan fingerprint density at radius 3 is 2.04 bits per heavy atom. The molecule has 0 aliphatic carbocycles. The van der Waals surface area contributed by atoms with Gasteiger partial charge in [-0.05, 0) is 12.1 Å². The Hall–Kier alpha value is -2.98. The van der Waals surface area contributed by atoms with Crippen LogP contribution in [-0.2, 0) is 9.47 Å². The van der Waals surface area contributed by atoms with Gasteiger partial charge in [0.1, 0.15) is 5.75 Å². The van der Waals surface area contributed by atoms with E-state index in [1.807, 2.05) is 6.07 Å². The summed E-state index contributed by atoms with van der Waals surface area (Å²) in [6.45, 7) is 5.50. The number of hydrogen-bond donors (Lipinski definition) is 2. The van der Waals surface area contributed by atoms with Gasteiger partial charge in [0.25, 0.3) is 0 Å². The third-order valence-electron chi connectivity index (χ3n) is 4.50. The largest absolute Gasteiger partial charge is 0.507 e. The highest BCUT2D eigenvalue weighted by molar-refractivity contribution is 5.83. The van der Waals surface area contributed by atoms with Crippen molar-refractivity contribution in [2.24, 2.45) is 5.10 Å². The first-order valence-electron chi connectivity index (χ1n) is 9.28. The summed E-state index contributed by atoms with van der Waals surface area (Å²) in [5.41, 5.74) is 3.46. The van der Waals surface area contributed by atoms with Gasteiger partial charge in [-0.25, -0.2) is 5.43 Å². The van der Waals surface area contributed by atoms with Gasteiger partial charge in [-0.15, -0.1) is 0 Å². The molecule has 2 aliphatic rings. The SMILES string of the molecule is Oc1ccccc1/C=N/Nc1nc(N2CCOCC2)nc(N2CCOCC2)n1.